The highest BCUT2D eigenvalue weighted by atomic mass is 79.9. The highest BCUT2D eigenvalue weighted by molar-refractivity contribution is 9.10. The number of carbonyl (C=O) groups is 1. The molecule has 0 aliphatic heterocycles. The molecule has 5 nitrogen and oxygen atoms in total. The molecule has 0 saturated carbocycles. The molecular formula is C22H23BrN2O3S. The number of methoxy groups -OCH3 is 1. The predicted octanol–water partition coefficient (Wildman–Crippen LogP) is 6.03. The zero-order valence-electron chi connectivity index (χ0n) is 16.8. The molecule has 0 fully saturated rings. The van der Waals surface area contributed by atoms with Crippen LogP contribution in [0.2, 0.25) is 0 Å². The molecule has 152 valence electrons. The Morgan fingerprint density at radius 1 is 1.28 bits per heavy atom. The first-order valence-corrected chi connectivity index (χ1v) is 10.9. The summed E-state index contributed by atoms with van der Waals surface area (Å²) in [4.78, 5) is 16.9. The van der Waals surface area contributed by atoms with E-state index in [-0.39, 0.29) is 18.4 Å². The van der Waals surface area contributed by atoms with Gasteiger partial charge < -0.3 is 9.47 Å². The first kappa shape index (κ1) is 21.3. The molecule has 2 aromatic carbocycles. The summed E-state index contributed by atoms with van der Waals surface area (Å²) < 4.78 is 12.1. The second-order valence-corrected chi connectivity index (χ2v) is 8.61. The van der Waals surface area contributed by atoms with Crippen molar-refractivity contribution in [2.75, 3.05) is 19.0 Å². The number of halogens is 1. The summed E-state index contributed by atoms with van der Waals surface area (Å²) in [5.41, 5.74) is 3.84. The van der Waals surface area contributed by atoms with Crippen LogP contribution in [0.4, 0.5) is 5.13 Å². The van der Waals surface area contributed by atoms with Crippen LogP contribution in [0, 0.1) is 6.92 Å². The smallest absolute Gasteiger partial charge is 0.264 e. The third kappa shape index (κ3) is 5.36. The molecule has 0 aliphatic rings. The number of thiazole rings is 1. The van der Waals surface area contributed by atoms with Crippen molar-refractivity contribution in [3.63, 3.8) is 0 Å². The fourth-order valence-electron chi connectivity index (χ4n) is 2.79. The molecule has 0 bridgehead atoms. The van der Waals surface area contributed by atoms with Crippen molar-refractivity contribution in [2.45, 2.75) is 26.7 Å². The Morgan fingerprint density at radius 2 is 2.07 bits per heavy atom. The van der Waals surface area contributed by atoms with Gasteiger partial charge in [-0.25, -0.2) is 4.98 Å². The fourth-order valence-corrected chi connectivity index (χ4v) is 3.89. The van der Waals surface area contributed by atoms with Gasteiger partial charge in [-0.3, -0.25) is 10.1 Å². The van der Waals surface area contributed by atoms with Crippen molar-refractivity contribution in [3.05, 3.63) is 57.4 Å². The molecule has 29 heavy (non-hydrogen) atoms. The number of anilines is 1. The number of hydrogen-bond acceptors (Lipinski definition) is 5. The molecular weight excluding hydrogens is 452 g/mol. The van der Waals surface area contributed by atoms with E-state index in [1.807, 2.05) is 42.6 Å². The zero-order valence-corrected chi connectivity index (χ0v) is 19.2. The number of aromatic nitrogens is 1. The summed E-state index contributed by atoms with van der Waals surface area (Å²) in [5.74, 6) is 1.54. The molecule has 1 N–H and O–H groups in total. The third-order valence-corrected chi connectivity index (χ3v) is 6.00. The van der Waals surface area contributed by atoms with Gasteiger partial charge in [-0.05, 0) is 48.2 Å². The molecule has 3 rings (SSSR count). The number of ether oxygens (including phenoxy) is 2. The lowest BCUT2D eigenvalue weighted by Gasteiger charge is -2.15. The lowest BCUT2D eigenvalue weighted by Crippen LogP contribution is -2.20. The summed E-state index contributed by atoms with van der Waals surface area (Å²) in [5, 5.41) is 5.25. The number of rotatable bonds is 7. The number of hydrogen-bond donors (Lipinski definition) is 1. The van der Waals surface area contributed by atoms with Crippen LogP contribution >= 0.6 is 27.3 Å². The summed E-state index contributed by atoms with van der Waals surface area (Å²) in [6.07, 6.45) is 0. The molecule has 0 atom stereocenters. The number of aryl methyl sites for hydroxylation is 1. The Labute approximate surface area is 183 Å². The van der Waals surface area contributed by atoms with Gasteiger partial charge in [0.2, 0.25) is 0 Å². The number of benzene rings is 2. The second-order valence-electron chi connectivity index (χ2n) is 6.90. The average Bonchev–Trinajstić information content (AvgIpc) is 3.16. The van der Waals surface area contributed by atoms with Crippen LogP contribution in [0.15, 0.2) is 46.3 Å². The van der Waals surface area contributed by atoms with Crippen LogP contribution in [0.25, 0.3) is 11.3 Å². The maximum atomic E-state index is 12.4. The topological polar surface area (TPSA) is 60.5 Å². The van der Waals surface area contributed by atoms with Crippen LogP contribution in [0.3, 0.4) is 0 Å². The largest absolute Gasteiger partial charge is 0.497 e. The molecule has 0 radical (unpaired) electrons. The van der Waals surface area contributed by atoms with E-state index < -0.39 is 0 Å². The Morgan fingerprint density at radius 3 is 2.79 bits per heavy atom. The summed E-state index contributed by atoms with van der Waals surface area (Å²) in [6.45, 7) is 6.12. The molecule has 0 aliphatic carbocycles. The standard InChI is InChI=1S/C22H23BrN2O3S/c1-13(2)17-10-18(23)14(3)8-20(17)28-11-21(26)25-22-24-19(12-29-22)15-6-5-7-16(9-15)27-4/h5-10,12-13H,11H2,1-4H3,(H,24,25,26). The van der Waals surface area contributed by atoms with Crippen molar-refractivity contribution < 1.29 is 14.3 Å². The van der Waals surface area contributed by atoms with E-state index in [0.717, 1.165) is 38.4 Å². The minimum atomic E-state index is -0.244. The van der Waals surface area contributed by atoms with Crippen LogP contribution in [-0.2, 0) is 4.79 Å². The molecule has 0 unspecified atom stereocenters. The van der Waals surface area contributed by atoms with Gasteiger partial charge in [0.15, 0.2) is 11.7 Å². The first-order chi connectivity index (χ1) is 13.9. The SMILES string of the molecule is COc1cccc(-c2csc(NC(=O)COc3cc(C)c(Br)cc3C(C)C)n2)c1. The van der Waals surface area contributed by atoms with Crippen LogP contribution < -0.4 is 14.8 Å². The van der Waals surface area contributed by atoms with E-state index in [4.69, 9.17) is 9.47 Å². The van der Waals surface area contributed by atoms with Gasteiger partial charge in [-0.2, -0.15) is 0 Å². The van der Waals surface area contributed by atoms with E-state index >= 15 is 0 Å². The summed E-state index contributed by atoms with van der Waals surface area (Å²) in [6, 6.07) is 11.7. The van der Waals surface area contributed by atoms with Gasteiger partial charge in [0, 0.05) is 15.4 Å². The van der Waals surface area contributed by atoms with Gasteiger partial charge in [0.25, 0.3) is 5.91 Å². The normalized spacial score (nSPS) is 10.8. The van der Waals surface area contributed by atoms with Crippen molar-refractivity contribution in [2.24, 2.45) is 0 Å². The van der Waals surface area contributed by atoms with Crippen molar-refractivity contribution >= 4 is 38.3 Å². The summed E-state index contributed by atoms with van der Waals surface area (Å²) in [7, 11) is 1.63. The number of nitrogens with one attached hydrogen (secondary N) is 1. The predicted molar refractivity (Wildman–Crippen MR) is 121 cm³/mol. The van der Waals surface area contributed by atoms with Gasteiger partial charge in [-0.15, -0.1) is 11.3 Å². The lowest BCUT2D eigenvalue weighted by molar-refractivity contribution is -0.118. The maximum Gasteiger partial charge on any atom is 0.264 e. The quantitative estimate of drug-likeness (QED) is 0.453. The number of amides is 1. The van der Waals surface area contributed by atoms with Crippen LogP contribution in [0.1, 0.15) is 30.9 Å². The first-order valence-electron chi connectivity index (χ1n) is 9.20. The maximum absolute atomic E-state index is 12.4. The van der Waals surface area contributed by atoms with Gasteiger partial charge in [-0.1, -0.05) is 41.9 Å². The molecule has 1 aromatic heterocycles. The van der Waals surface area contributed by atoms with Gasteiger partial charge in [0.1, 0.15) is 11.5 Å². The lowest BCUT2D eigenvalue weighted by atomic mass is 10.0. The van der Waals surface area contributed by atoms with Crippen molar-refractivity contribution in [1.29, 1.82) is 0 Å². The minimum Gasteiger partial charge on any atom is -0.497 e. The van der Waals surface area contributed by atoms with E-state index in [1.54, 1.807) is 7.11 Å². The summed E-state index contributed by atoms with van der Waals surface area (Å²) >= 11 is 4.93. The Hall–Kier alpha value is -2.38. The number of nitrogens with zero attached hydrogens (tertiary/aromatic N) is 1. The van der Waals surface area contributed by atoms with E-state index in [9.17, 15) is 4.79 Å². The van der Waals surface area contributed by atoms with Gasteiger partial charge in [0.05, 0.1) is 12.8 Å². The highest BCUT2D eigenvalue weighted by Crippen LogP contribution is 2.32. The van der Waals surface area contributed by atoms with Crippen LogP contribution in [-0.4, -0.2) is 24.6 Å². The van der Waals surface area contributed by atoms with Gasteiger partial charge >= 0.3 is 0 Å². The Bertz CT molecular complexity index is 1020. The minimum absolute atomic E-state index is 0.0745. The van der Waals surface area contributed by atoms with Crippen LogP contribution in [0.5, 0.6) is 11.5 Å². The zero-order chi connectivity index (χ0) is 21.0. The molecule has 1 heterocycles. The average molecular weight is 475 g/mol. The van der Waals surface area contributed by atoms with Crippen molar-refractivity contribution in [1.82, 2.24) is 4.98 Å². The molecule has 0 spiro atoms. The molecule has 3 aromatic rings. The number of carbonyl (C=O) groups excluding carboxylic acids is 1. The van der Waals surface area contributed by atoms with Crippen molar-refractivity contribution in [3.8, 4) is 22.8 Å². The van der Waals surface area contributed by atoms with E-state index in [1.165, 1.54) is 11.3 Å². The van der Waals surface area contributed by atoms with E-state index in [0.29, 0.717) is 5.13 Å². The fraction of sp³-hybridized carbons (Fsp3) is 0.273. The molecule has 1 amide bonds. The van der Waals surface area contributed by atoms with E-state index in [2.05, 4.69) is 46.1 Å². The molecule has 0 saturated heterocycles. The Balaban J connectivity index is 1.65. The Kier molecular flexibility index (Phi) is 6.92. The monoisotopic (exact) mass is 474 g/mol. The second kappa shape index (κ2) is 9.41. The highest BCUT2D eigenvalue weighted by Gasteiger charge is 2.14. The molecule has 7 heteroatoms. The third-order valence-electron chi connectivity index (χ3n) is 4.39.